The van der Waals surface area contributed by atoms with Crippen LogP contribution in [-0.2, 0) is 14.3 Å². The predicted molar refractivity (Wildman–Crippen MR) is 82.1 cm³/mol. The van der Waals surface area contributed by atoms with Crippen LogP contribution in [0.4, 0.5) is 11.4 Å². The van der Waals surface area contributed by atoms with Gasteiger partial charge in [-0.2, -0.15) is 0 Å². The third kappa shape index (κ3) is 3.53. The number of hydrogen-bond donors (Lipinski definition) is 2. The quantitative estimate of drug-likeness (QED) is 0.790. The third-order valence-corrected chi connectivity index (χ3v) is 3.99. The largest absolute Gasteiger partial charge is 0.397 e. The Morgan fingerprint density at radius 2 is 1.86 bits per heavy atom. The molecular weight excluding hydrogens is 270 g/mol. The number of carbonyl (C=O) groups excluding carboxylic acids is 1. The van der Waals surface area contributed by atoms with Crippen molar-refractivity contribution in [1.82, 2.24) is 4.90 Å². The van der Waals surface area contributed by atoms with Crippen molar-refractivity contribution < 1.29 is 14.3 Å². The van der Waals surface area contributed by atoms with E-state index in [1.54, 1.807) is 26.4 Å². The fourth-order valence-corrected chi connectivity index (χ4v) is 2.55. The molecule has 0 aromatic heterocycles. The van der Waals surface area contributed by atoms with Gasteiger partial charge in [0.25, 0.3) is 0 Å². The molecule has 0 aliphatic carbocycles. The number of likely N-dealkylation sites (tertiary alicyclic amines) is 1. The minimum absolute atomic E-state index is 0.00737. The Balaban J connectivity index is 1.99. The molecule has 1 fully saturated rings. The van der Waals surface area contributed by atoms with E-state index in [9.17, 15) is 4.79 Å². The van der Waals surface area contributed by atoms with Crippen LogP contribution in [0, 0.1) is 0 Å². The Bertz CT molecular complexity index is 483. The van der Waals surface area contributed by atoms with Gasteiger partial charge in [0.15, 0.2) is 0 Å². The van der Waals surface area contributed by atoms with Gasteiger partial charge in [-0.25, -0.2) is 0 Å². The van der Waals surface area contributed by atoms with Gasteiger partial charge < -0.3 is 20.5 Å². The van der Waals surface area contributed by atoms with Crippen molar-refractivity contribution in [2.75, 3.05) is 38.4 Å². The number of ether oxygens (including phenoxy) is 2. The van der Waals surface area contributed by atoms with Gasteiger partial charge in [0, 0.05) is 27.3 Å². The lowest BCUT2D eigenvalue weighted by Gasteiger charge is -2.23. The van der Waals surface area contributed by atoms with Gasteiger partial charge in [0.2, 0.25) is 5.91 Å². The highest BCUT2D eigenvalue weighted by Gasteiger charge is 2.37. The maximum Gasteiger partial charge on any atom is 0.241 e. The SMILES string of the molecule is COC1CN(C(C)C(=O)Nc2ccccc2N)CC1OC. The molecule has 2 rings (SSSR count). The van der Waals surface area contributed by atoms with Crippen LogP contribution in [0.15, 0.2) is 24.3 Å². The molecule has 3 unspecified atom stereocenters. The van der Waals surface area contributed by atoms with Crippen molar-refractivity contribution in [2.45, 2.75) is 25.2 Å². The minimum Gasteiger partial charge on any atom is -0.397 e. The lowest BCUT2D eigenvalue weighted by atomic mass is 10.2. The van der Waals surface area contributed by atoms with Crippen molar-refractivity contribution in [2.24, 2.45) is 0 Å². The summed E-state index contributed by atoms with van der Waals surface area (Å²) in [7, 11) is 3.32. The van der Waals surface area contributed by atoms with Crippen LogP contribution >= 0.6 is 0 Å². The van der Waals surface area contributed by atoms with E-state index in [0.717, 1.165) is 0 Å². The van der Waals surface area contributed by atoms with E-state index in [1.807, 2.05) is 19.1 Å². The molecule has 1 aliphatic rings. The lowest BCUT2D eigenvalue weighted by Crippen LogP contribution is -2.41. The predicted octanol–water partition coefficient (Wildman–Crippen LogP) is 0.941. The summed E-state index contributed by atoms with van der Waals surface area (Å²) < 4.78 is 10.8. The number of hydrogen-bond acceptors (Lipinski definition) is 5. The molecule has 116 valence electrons. The first-order chi connectivity index (χ1) is 10.1. The number of carbonyl (C=O) groups is 1. The second-order valence-electron chi connectivity index (χ2n) is 5.25. The summed E-state index contributed by atoms with van der Waals surface area (Å²) in [6.45, 7) is 3.22. The van der Waals surface area contributed by atoms with Crippen molar-refractivity contribution >= 4 is 17.3 Å². The second kappa shape index (κ2) is 6.89. The summed E-state index contributed by atoms with van der Waals surface area (Å²) in [6.07, 6.45) is -0.0147. The molecule has 1 aliphatic heterocycles. The number of nitrogens with zero attached hydrogens (tertiary/aromatic N) is 1. The number of amides is 1. The number of para-hydroxylation sites is 2. The molecule has 1 aromatic carbocycles. The Labute approximate surface area is 125 Å². The average molecular weight is 293 g/mol. The molecule has 3 atom stereocenters. The van der Waals surface area contributed by atoms with Crippen LogP contribution in [0.2, 0.25) is 0 Å². The molecule has 6 nitrogen and oxygen atoms in total. The van der Waals surface area contributed by atoms with Gasteiger partial charge in [-0.15, -0.1) is 0 Å². The molecule has 0 saturated carbocycles. The molecule has 0 radical (unpaired) electrons. The van der Waals surface area contributed by atoms with E-state index in [0.29, 0.717) is 24.5 Å². The Morgan fingerprint density at radius 1 is 1.29 bits per heavy atom. The van der Waals surface area contributed by atoms with Gasteiger partial charge in [0.1, 0.15) is 0 Å². The summed E-state index contributed by atoms with van der Waals surface area (Å²) >= 11 is 0. The first kappa shape index (κ1) is 15.8. The van der Waals surface area contributed by atoms with E-state index in [-0.39, 0.29) is 24.2 Å². The van der Waals surface area contributed by atoms with Gasteiger partial charge in [-0.05, 0) is 19.1 Å². The van der Waals surface area contributed by atoms with E-state index >= 15 is 0 Å². The molecule has 21 heavy (non-hydrogen) atoms. The Morgan fingerprint density at radius 3 is 2.38 bits per heavy atom. The standard InChI is InChI=1S/C15H23N3O3/c1-10(18-8-13(20-2)14(9-18)21-3)15(19)17-12-7-5-4-6-11(12)16/h4-7,10,13-14H,8-9,16H2,1-3H3,(H,17,19). The molecule has 1 amide bonds. The number of nitrogens with two attached hydrogens (primary N) is 1. The first-order valence-corrected chi connectivity index (χ1v) is 7.01. The number of nitrogens with one attached hydrogen (secondary N) is 1. The maximum atomic E-state index is 12.4. The van der Waals surface area contributed by atoms with Crippen LogP contribution in [0.5, 0.6) is 0 Å². The van der Waals surface area contributed by atoms with Crippen molar-refractivity contribution in [3.05, 3.63) is 24.3 Å². The summed E-state index contributed by atoms with van der Waals surface area (Å²) in [5.41, 5.74) is 7.04. The highest BCUT2D eigenvalue weighted by atomic mass is 16.5. The number of nitrogen functional groups attached to an aromatic ring is 1. The molecule has 6 heteroatoms. The van der Waals surface area contributed by atoms with Crippen LogP contribution in [-0.4, -0.2) is 56.4 Å². The van der Waals surface area contributed by atoms with Crippen molar-refractivity contribution in [1.29, 1.82) is 0 Å². The van der Waals surface area contributed by atoms with Crippen LogP contribution in [0.25, 0.3) is 0 Å². The van der Waals surface area contributed by atoms with E-state index in [4.69, 9.17) is 15.2 Å². The minimum atomic E-state index is -0.276. The van der Waals surface area contributed by atoms with Crippen molar-refractivity contribution in [3.8, 4) is 0 Å². The van der Waals surface area contributed by atoms with Gasteiger partial charge in [0.05, 0.1) is 29.6 Å². The highest BCUT2D eigenvalue weighted by molar-refractivity contribution is 5.97. The molecule has 1 heterocycles. The normalized spacial score (nSPS) is 24.0. The third-order valence-electron chi connectivity index (χ3n) is 3.99. The first-order valence-electron chi connectivity index (χ1n) is 7.01. The molecule has 0 spiro atoms. The zero-order chi connectivity index (χ0) is 15.4. The fraction of sp³-hybridized carbons (Fsp3) is 0.533. The molecule has 3 N–H and O–H groups in total. The average Bonchev–Trinajstić information content (AvgIpc) is 2.92. The zero-order valence-corrected chi connectivity index (χ0v) is 12.7. The molecule has 1 saturated heterocycles. The van der Waals surface area contributed by atoms with Gasteiger partial charge in [-0.3, -0.25) is 9.69 Å². The molecule has 1 aromatic rings. The molecular formula is C15H23N3O3. The number of benzene rings is 1. The van der Waals surface area contributed by atoms with Crippen LogP contribution in [0.1, 0.15) is 6.92 Å². The molecule has 0 bridgehead atoms. The number of rotatable bonds is 5. The monoisotopic (exact) mass is 293 g/mol. The van der Waals surface area contributed by atoms with E-state index in [2.05, 4.69) is 10.2 Å². The Hall–Kier alpha value is -1.63. The summed E-state index contributed by atoms with van der Waals surface area (Å²) in [4.78, 5) is 14.4. The summed E-state index contributed by atoms with van der Waals surface area (Å²) in [5, 5.41) is 2.87. The van der Waals surface area contributed by atoms with Crippen molar-refractivity contribution in [3.63, 3.8) is 0 Å². The summed E-state index contributed by atoms with van der Waals surface area (Å²) in [6, 6.07) is 6.95. The van der Waals surface area contributed by atoms with Gasteiger partial charge >= 0.3 is 0 Å². The van der Waals surface area contributed by atoms with Crippen LogP contribution < -0.4 is 11.1 Å². The zero-order valence-electron chi connectivity index (χ0n) is 12.7. The van der Waals surface area contributed by atoms with Crippen LogP contribution in [0.3, 0.4) is 0 Å². The van der Waals surface area contributed by atoms with Gasteiger partial charge in [-0.1, -0.05) is 12.1 Å². The maximum absolute atomic E-state index is 12.4. The Kier molecular flexibility index (Phi) is 5.17. The smallest absolute Gasteiger partial charge is 0.241 e. The lowest BCUT2D eigenvalue weighted by molar-refractivity contribution is -0.120. The topological polar surface area (TPSA) is 76.8 Å². The second-order valence-corrected chi connectivity index (χ2v) is 5.25. The number of anilines is 2. The fourth-order valence-electron chi connectivity index (χ4n) is 2.55. The van der Waals surface area contributed by atoms with E-state index in [1.165, 1.54) is 0 Å². The number of methoxy groups -OCH3 is 2. The highest BCUT2D eigenvalue weighted by Crippen LogP contribution is 2.21. The van der Waals surface area contributed by atoms with E-state index < -0.39 is 0 Å². The summed E-state index contributed by atoms with van der Waals surface area (Å²) in [5.74, 6) is -0.0838.